The van der Waals surface area contributed by atoms with E-state index in [9.17, 15) is 17.6 Å². The summed E-state index contributed by atoms with van der Waals surface area (Å²) in [6.45, 7) is 3.51. The molecule has 0 spiro atoms. The maximum atomic E-state index is 13.4. The topological polar surface area (TPSA) is 63.2 Å². The van der Waals surface area contributed by atoms with Crippen LogP contribution < -0.4 is 5.32 Å². The maximum absolute atomic E-state index is 13.4. The Kier molecular flexibility index (Phi) is 8.42. The third-order valence-electron chi connectivity index (χ3n) is 4.80. The highest BCUT2D eigenvalue weighted by Crippen LogP contribution is 2.20. The Morgan fingerprint density at radius 3 is 2.39 bits per heavy atom. The first-order valence-corrected chi connectivity index (χ1v) is 11.3. The minimum absolute atomic E-state index is 0. The first-order valence-electron chi connectivity index (χ1n) is 9.69. The van der Waals surface area contributed by atoms with Gasteiger partial charge in [-0.3, -0.25) is 4.79 Å². The van der Waals surface area contributed by atoms with Crippen LogP contribution in [0.25, 0.3) is 0 Å². The van der Waals surface area contributed by atoms with Crippen molar-refractivity contribution in [2.24, 2.45) is 5.92 Å². The number of carbonyl (C=O) groups is 1. The number of hydrogen-bond acceptors (Lipinski definition) is 3. The Bertz CT molecular complexity index is 1150. The molecule has 0 aliphatic rings. The van der Waals surface area contributed by atoms with E-state index in [-0.39, 0.29) is 41.4 Å². The zero-order valence-corrected chi connectivity index (χ0v) is 19.2. The van der Waals surface area contributed by atoms with Crippen molar-refractivity contribution in [3.8, 4) is 0 Å². The fourth-order valence-electron chi connectivity index (χ4n) is 3.30. The fraction of sp³-hybridized carbons (Fsp3) is 0.208. The summed E-state index contributed by atoms with van der Waals surface area (Å²) in [6.07, 6.45) is 0.657. The van der Waals surface area contributed by atoms with Gasteiger partial charge in [0.15, 0.2) is 9.84 Å². The molecule has 3 aromatic carbocycles. The van der Waals surface area contributed by atoms with E-state index in [0.717, 1.165) is 5.56 Å². The van der Waals surface area contributed by atoms with Gasteiger partial charge >= 0.3 is 0 Å². The van der Waals surface area contributed by atoms with Gasteiger partial charge in [-0.2, -0.15) is 13.5 Å². The second kappa shape index (κ2) is 10.6. The third-order valence-corrected chi connectivity index (χ3v) is 6.78. The first-order chi connectivity index (χ1) is 14.2. The average molecular weight is 460 g/mol. The highest BCUT2D eigenvalue weighted by atomic mass is 32.2. The summed E-state index contributed by atoms with van der Waals surface area (Å²) in [5, 5.41) is 2.68. The van der Waals surface area contributed by atoms with Crippen LogP contribution in [0.3, 0.4) is 0 Å². The van der Waals surface area contributed by atoms with E-state index in [1.54, 1.807) is 19.1 Å². The molecule has 0 aromatic heterocycles. The van der Waals surface area contributed by atoms with E-state index < -0.39 is 15.7 Å². The molecule has 0 heterocycles. The van der Waals surface area contributed by atoms with Gasteiger partial charge in [0, 0.05) is 11.3 Å². The normalized spacial score (nSPS) is 12.0. The molecule has 1 atom stereocenters. The lowest BCUT2D eigenvalue weighted by molar-refractivity contribution is 0.102. The molecule has 3 rings (SSSR count). The van der Waals surface area contributed by atoms with Crippen LogP contribution in [0.5, 0.6) is 0 Å². The van der Waals surface area contributed by atoms with Crippen molar-refractivity contribution in [1.82, 2.24) is 0 Å². The van der Waals surface area contributed by atoms with Crippen LogP contribution in [0.2, 0.25) is 0 Å². The number of nitrogens with one attached hydrogen (secondary N) is 1. The largest absolute Gasteiger partial charge is 0.322 e. The molecule has 4 nitrogen and oxygen atoms in total. The van der Waals surface area contributed by atoms with Gasteiger partial charge in [0.1, 0.15) is 5.82 Å². The molecule has 0 unspecified atom stereocenters. The van der Waals surface area contributed by atoms with Gasteiger partial charge in [-0.1, -0.05) is 43.3 Å². The summed E-state index contributed by atoms with van der Waals surface area (Å²) in [5.41, 5.74) is 2.18. The molecule has 7 heteroatoms. The summed E-state index contributed by atoms with van der Waals surface area (Å²) in [4.78, 5) is 12.7. The zero-order valence-electron chi connectivity index (χ0n) is 17.4. The minimum atomic E-state index is -3.55. The van der Waals surface area contributed by atoms with E-state index >= 15 is 0 Å². The van der Waals surface area contributed by atoms with Gasteiger partial charge in [0.25, 0.3) is 5.91 Å². The fourth-order valence-corrected chi connectivity index (χ4v) is 4.95. The number of hydrogen-bond donors (Lipinski definition) is 1. The molecule has 0 saturated carbocycles. The summed E-state index contributed by atoms with van der Waals surface area (Å²) in [7, 11) is -3.55. The minimum Gasteiger partial charge on any atom is -0.322 e. The van der Waals surface area contributed by atoms with Crippen LogP contribution in [-0.2, 0) is 16.3 Å². The van der Waals surface area contributed by atoms with E-state index in [0.29, 0.717) is 17.7 Å². The Balaban J connectivity index is 0.00000341. The van der Waals surface area contributed by atoms with Gasteiger partial charge in [-0.05, 0) is 66.8 Å². The summed E-state index contributed by atoms with van der Waals surface area (Å²) in [6, 6.07) is 20.0. The zero-order chi connectivity index (χ0) is 21.7. The van der Waals surface area contributed by atoms with E-state index in [1.807, 2.05) is 37.3 Å². The lowest BCUT2D eigenvalue weighted by Crippen LogP contribution is -2.17. The Morgan fingerprint density at radius 1 is 1.00 bits per heavy atom. The van der Waals surface area contributed by atoms with E-state index in [1.165, 1.54) is 30.3 Å². The predicted molar refractivity (Wildman–Crippen MR) is 127 cm³/mol. The molecule has 0 radical (unpaired) electrons. The molecule has 0 fully saturated rings. The molecule has 0 aliphatic heterocycles. The van der Waals surface area contributed by atoms with Crippen LogP contribution in [0.4, 0.5) is 10.1 Å². The quantitative estimate of drug-likeness (QED) is 0.531. The smallest absolute Gasteiger partial charge is 0.255 e. The maximum Gasteiger partial charge on any atom is 0.255 e. The Hall–Kier alpha value is -2.64. The van der Waals surface area contributed by atoms with Gasteiger partial charge in [-0.25, -0.2) is 12.8 Å². The lowest BCUT2D eigenvalue weighted by Gasteiger charge is -2.13. The van der Waals surface area contributed by atoms with Crippen molar-refractivity contribution in [2.45, 2.75) is 25.2 Å². The molecule has 164 valence electrons. The highest BCUT2D eigenvalue weighted by Gasteiger charge is 2.20. The summed E-state index contributed by atoms with van der Waals surface area (Å²) < 4.78 is 39.2. The van der Waals surface area contributed by atoms with Gasteiger partial charge in [0.05, 0.1) is 10.6 Å². The Morgan fingerprint density at radius 2 is 1.71 bits per heavy atom. The standard InChI is InChI=1S/C24H24FNO3S.H2S/c1-17(13-19-7-4-3-5-8-19)16-30(28,29)22-10-6-9-20(15-22)24(27)26-21-11-12-23(25)18(2)14-21;/h3-12,14-15,17H,13,16H2,1-2H3,(H,26,27);1H2/t17-;/m0./s1. The number of halogens is 1. The summed E-state index contributed by atoms with van der Waals surface area (Å²) >= 11 is 0. The predicted octanol–water partition coefficient (Wildman–Crippen LogP) is 5.15. The van der Waals surface area contributed by atoms with E-state index in [2.05, 4.69) is 5.32 Å². The van der Waals surface area contributed by atoms with Gasteiger partial charge in [-0.15, -0.1) is 0 Å². The number of rotatable bonds is 7. The SMILES string of the molecule is Cc1cc(NC(=O)c2cccc(S(=O)(=O)C[C@@H](C)Cc3ccccc3)c2)ccc1F.S. The van der Waals surface area contributed by atoms with Crippen molar-refractivity contribution < 1.29 is 17.6 Å². The molecule has 1 amide bonds. The molecule has 3 aromatic rings. The monoisotopic (exact) mass is 459 g/mol. The number of benzene rings is 3. The van der Waals surface area contributed by atoms with Crippen molar-refractivity contribution in [3.63, 3.8) is 0 Å². The number of anilines is 1. The molecular weight excluding hydrogens is 433 g/mol. The van der Waals surface area contributed by atoms with Crippen LogP contribution in [0, 0.1) is 18.7 Å². The number of carbonyl (C=O) groups excluding carboxylic acids is 1. The van der Waals surface area contributed by atoms with Crippen LogP contribution in [0.15, 0.2) is 77.7 Å². The highest BCUT2D eigenvalue weighted by molar-refractivity contribution is 7.91. The van der Waals surface area contributed by atoms with Crippen molar-refractivity contribution in [1.29, 1.82) is 0 Å². The van der Waals surface area contributed by atoms with Gasteiger partial charge in [0.2, 0.25) is 0 Å². The number of sulfone groups is 1. The summed E-state index contributed by atoms with van der Waals surface area (Å²) in [5.74, 6) is -0.886. The molecule has 0 saturated heterocycles. The average Bonchev–Trinajstić information content (AvgIpc) is 2.71. The second-order valence-electron chi connectivity index (χ2n) is 7.52. The van der Waals surface area contributed by atoms with Gasteiger partial charge < -0.3 is 5.32 Å². The van der Waals surface area contributed by atoms with E-state index in [4.69, 9.17) is 0 Å². The van der Waals surface area contributed by atoms with Crippen LogP contribution >= 0.6 is 13.5 Å². The molecule has 1 N–H and O–H groups in total. The molecule has 31 heavy (non-hydrogen) atoms. The number of aryl methyl sites for hydroxylation is 1. The molecule has 0 aliphatic carbocycles. The second-order valence-corrected chi connectivity index (χ2v) is 9.56. The lowest BCUT2D eigenvalue weighted by atomic mass is 10.0. The Labute approximate surface area is 189 Å². The molecule has 0 bridgehead atoms. The number of amides is 1. The first kappa shape index (κ1) is 24.6. The van der Waals surface area contributed by atoms with Crippen molar-refractivity contribution >= 4 is 34.9 Å². The van der Waals surface area contributed by atoms with Crippen molar-refractivity contribution in [2.75, 3.05) is 11.1 Å². The van der Waals surface area contributed by atoms with Crippen LogP contribution in [0.1, 0.15) is 28.4 Å². The molecular formula is C24H26FNO3S2. The van der Waals surface area contributed by atoms with Crippen molar-refractivity contribution in [3.05, 3.63) is 95.3 Å². The van der Waals surface area contributed by atoms with Crippen LogP contribution in [-0.4, -0.2) is 20.1 Å². The third kappa shape index (κ3) is 6.67.